The zero-order valence-corrected chi connectivity index (χ0v) is 17.1. The smallest absolute Gasteiger partial charge is 0.389 e. The first-order chi connectivity index (χ1) is 9.50. The predicted octanol–water partition coefficient (Wildman–Crippen LogP) is 3.68. The van der Waals surface area contributed by atoms with Crippen molar-refractivity contribution in [2.45, 2.75) is 80.5 Å². The van der Waals surface area contributed by atoms with E-state index in [1.165, 1.54) is 0 Å². The van der Waals surface area contributed by atoms with E-state index in [1.54, 1.807) is 20.0 Å². The van der Waals surface area contributed by atoms with Gasteiger partial charge in [0.25, 0.3) is 0 Å². The number of halogens is 3. The maximum Gasteiger partial charge on any atom is 0.389 e. The molecule has 3 nitrogen and oxygen atoms in total. The Bertz CT molecular complexity index is 479. The highest BCUT2D eigenvalue weighted by atomic mass is 28.4. The third kappa shape index (κ3) is 2.48. The molecule has 2 aliphatic heterocycles. The summed E-state index contributed by atoms with van der Waals surface area (Å²) in [6, 6.07) is 0.751. The van der Waals surface area contributed by atoms with Crippen molar-refractivity contribution in [1.29, 1.82) is 0 Å². The van der Waals surface area contributed by atoms with Crippen LogP contribution < -0.4 is 0 Å². The van der Waals surface area contributed by atoms with E-state index >= 15 is 0 Å². The van der Waals surface area contributed by atoms with Crippen LogP contribution in [0.3, 0.4) is 0 Å². The van der Waals surface area contributed by atoms with Gasteiger partial charge in [0.15, 0.2) is 8.32 Å². The standard InChI is InChI=1S/C13H27F3O3Si3/c1-11(7-8-21(11,5)18)22(6)10(9-13(14,15)16)12(22,2)19-20(3,4)17/h10,17-18H,7-9H2,1-6H3. The summed E-state index contributed by atoms with van der Waals surface area (Å²) < 4.78 is 44.6. The summed E-state index contributed by atoms with van der Waals surface area (Å²) in [6.07, 6.45) is -4.32. The Morgan fingerprint density at radius 3 is 2.05 bits per heavy atom. The van der Waals surface area contributed by atoms with Crippen molar-refractivity contribution in [2.24, 2.45) is 0 Å². The maximum atomic E-state index is 13.0. The summed E-state index contributed by atoms with van der Waals surface area (Å²) in [5.74, 6) is 0. The molecular formula is C13H27F3O3Si3. The van der Waals surface area contributed by atoms with E-state index in [4.69, 9.17) is 4.43 Å². The van der Waals surface area contributed by atoms with Gasteiger partial charge in [-0.2, -0.15) is 13.2 Å². The Morgan fingerprint density at radius 1 is 1.27 bits per heavy atom. The molecule has 0 aliphatic carbocycles. The van der Waals surface area contributed by atoms with Crippen molar-refractivity contribution in [3.8, 4) is 0 Å². The molecule has 130 valence electrons. The van der Waals surface area contributed by atoms with Gasteiger partial charge in [-0.15, -0.1) is 0 Å². The van der Waals surface area contributed by atoms with E-state index < -0.39 is 48.3 Å². The first-order valence-corrected chi connectivity index (χ1v) is 15.8. The van der Waals surface area contributed by atoms with Gasteiger partial charge in [-0.1, -0.05) is 19.9 Å². The zero-order valence-electron chi connectivity index (χ0n) is 14.1. The van der Waals surface area contributed by atoms with Gasteiger partial charge >= 0.3 is 14.7 Å². The van der Waals surface area contributed by atoms with Crippen molar-refractivity contribution in [3.05, 3.63) is 0 Å². The molecule has 0 aromatic heterocycles. The second-order valence-corrected chi connectivity index (χ2v) is 21.3. The lowest BCUT2D eigenvalue weighted by atomic mass is 10.2. The van der Waals surface area contributed by atoms with E-state index in [0.29, 0.717) is 0 Å². The van der Waals surface area contributed by atoms with Crippen LogP contribution in [0.5, 0.6) is 0 Å². The van der Waals surface area contributed by atoms with Gasteiger partial charge in [-0.25, -0.2) is 0 Å². The second kappa shape index (κ2) is 4.69. The molecule has 0 amide bonds. The van der Waals surface area contributed by atoms with Crippen LogP contribution >= 0.6 is 0 Å². The fourth-order valence-electron chi connectivity index (χ4n) is 4.81. The van der Waals surface area contributed by atoms with Crippen LogP contribution in [0.2, 0.25) is 42.4 Å². The topological polar surface area (TPSA) is 49.7 Å². The van der Waals surface area contributed by atoms with Gasteiger partial charge in [0.05, 0.1) is 8.07 Å². The van der Waals surface area contributed by atoms with Gasteiger partial charge in [-0.3, -0.25) is 0 Å². The van der Waals surface area contributed by atoms with Gasteiger partial charge < -0.3 is 14.0 Å². The Morgan fingerprint density at radius 2 is 1.77 bits per heavy atom. The molecule has 0 spiro atoms. The molecule has 2 saturated heterocycles. The number of alkyl halides is 3. The van der Waals surface area contributed by atoms with E-state index in [2.05, 4.69) is 0 Å². The fourth-order valence-corrected chi connectivity index (χ4v) is 21.5. The van der Waals surface area contributed by atoms with Crippen LogP contribution in [0.4, 0.5) is 13.2 Å². The van der Waals surface area contributed by atoms with Crippen molar-refractivity contribution in [2.75, 3.05) is 0 Å². The minimum absolute atomic E-state index is 0.371. The molecule has 0 saturated carbocycles. The summed E-state index contributed by atoms with van der Waals surface area (Å²) in [5.41, 5.74) is -0.580. The molecule has 9 heteroatoms. The lowest BCUT2D eigenvalue weighted by molar-refractivity contribution is -0.136. The normalized spacial score (nSPS) is 49.0. The molecular weight excluding hydrogens is 345 g/mol. The third-order valence-corrected chi connectivity index (χ3v) is 21.7. The first kappa shape index (κ1) is 18.7. The van der Waals surface area contributed by atoms with Gasteiger partial charge in [0.1, 0.15) is 0 Å². The summed E-state index contributed by atoms with van der Waals surface area (Å²) in [4.78, 5) is 20.9. The Hall–Kier alpha value is 0.321. The molecule has 2 N–H and O–H groups in total. The van der Waals surface area contributed by atoms with Crippen molar-refractivity contribution < 1.29 is 27.2 Å². The zero-order chi connectivity index (χ0) is 17.4. The van der Waals surface area contributed by atoms with Gasteiger partial charge in [0.2, 0.25) is 0 Å². The lowest BCUT2D eigenvalue weighted by Gasteiger charge is -2.55. The van der Waals surface area contributed by atoms with E-state index in [9.17, 15) is 22.8 Å². The molecule has 5 atom stereocenters. The fraction of sp³-hybridized carbons (Fsp3) is 1.00. The predicted molar refractivity (Wildman–Crippen MR) is 86.9 cm³/mol. The molecule has 2 fully saturated rings. The average Bonchev–Trinajstić information content (AvgIpc) is 2.70. The van der Waals surface area contributed by atoms with Crippen LogP contribution in [-0.2, 0) is 4.43 Å². The summed E-state index contributed by atoms with van der Waals surface area (Å²) in [5, 5.41) is -0.890. The van der Waals surface area contributed by atoms with Crippen molar-refractivity contribution in [3.63, 3.8) is 0 Å². The molecule has 22 heavy (non-hydrogen) atoms. The minimum Gasteiger partial charge on any atom is -0.432 e. The Balaban J connectivity index is 2.39. The van der Waals surface area contributed by atoms with Crippen LogP contribution in [0, 0.1) is 0 Å². The van der Waals surface area contributed by atoms with Crippen LogP contribution in [0.25, 0.3) is 0 Å². The Labute approximate surface area is 133 Å². The Kier molecular flexibility index (Phi) is 3.98. The molecule has 2 rings (SSSR count). The third-order valence-electron chi connectivity index (χ3n) is 6.65. The van der Waals surface area contributed by atoms with Crippen molar-refractivity contribution >= 4 is 25.0 Å². The highest BCUT2D eigenvalue weighted by molar-refractivity contribution is 7.08. The molecule has 5 unspecified atom stereocenters. The first-order valence-electron chi connectivity index (χ1n) is 7.72. The van der Waals surface area contributed by atoms with Crippen LogP contribution in [-0.4, -0.2) is 45.9 Å². The van der Waals surface area contributed by atoms with Crippen LogP contribution in [0.1, 0.15) is 26.7 Å². The monoisotopic (exact) mass is 372 g/mol. The lowest BCUT2D eigenvalue weighted by Crippen LogP contribution is -2.63. The summed E-state index contributed by atoms with van der Waals surface area (Å²) in [7, 11) is -8.00. The number of rotatable bonds is 4. The molecule has 0 radical (unpaired) electrons. The molecule has 0 aromatic rings. The largest absolute Gasteiger partial charge is 0.432 e. The number of hydrogen-bond acceptors (Lipinski definition) is 3. The van der Waals surface area contributed by atoms with Crippen molar-refractivity contribution in [1.82, 2.24) is 0 Å². The average molecular weight is 373 g/mol. The highest BCUT2D eigenvalue weighted by Gasteiger charge is 2.85. The highest BCUT2D eigenvalue weighted by Crippen LogP contribution is 2.78. The number of hydrogen-bond donors (Lipinski definition) is 2. The van der Waals surface area contributed by atoms with Gasteiger partial charge in [0, 0.05) is 11.6 Å². The summed E-state index contributed by atoms with van der Waals surface area (Å²) >= 11 is 0. The second-order valence-electron chi connectivity index (χ2n) is 8.34. The summed E-state index contributed by atoms with van der Waals surface area (Å²) in [6.45, 7) is 10.7. The quantitative estimate of drug-likeness (QED) is 0.740. The minimum atomic E-state index is -4.24. The molecule has 2 aliphatic rings. The molecule has 2 heterocycles. The van der Waals surface area contributed by atoms with E-state index in [0.717, 1.165) is 12.5 Å². The maximum absolute atomic E-state index is 13.0. The SMILES string of the molecule is CC1(O[Si](C)(C)O)C(CC(F)(F)F)[Si]1(C)C1(C)CC[Si]1(C)O. The van der Waals surface area contributed by atoms with Crippen LogP contribution in [0.15, 0.2) is 0 Å². The molecule has 0 bridgehead atoms. The van der Waals surface area contributed by atoms with Gasteiger partial charge in [-0.05, 0) is 42.8 Å². The van der Waals surface area contributed by atoms with E-state index in [-0.39, 0.29) is 4.66 Å². The van der Waals surface area contributed by atoms with E-state index in [1.807, 2.05) is 20.0 Å². The molecule has 0 aromatic carbocycles.